The van der Waals surface area contributed by atoms with Gasteiger partial charge in [-0.3, -0.25) is 9.59 Å². The van der Waals surface area contributed by atoms with Crippen LogP contribution in [-0.4, -0.2) is 52.4 Å². The molecule has 0 aromatic heterocycles. The Morgan fingerprint density at radius 1 is 1.18 bits per heavy atom. The number of hydrogen-bond acceptors (Lipinski definition) is 5. The zero-order valence-electron chi connectivity index (χ0n) is 17.0. The van der Waals surface area contributed by atoms with Crippen LogP contribution in [0.5, 0.6) is 0 Å². The van der Waals surface area contributed by atoms with Gasteiger partial charge in [-0.25, -0.2) is 0 Å². The number of methoxy groups -OCH3 is 1. The van der Waals surface area contributed by atoms with Gasteiger partial charge in [0.2, 0.25) is 0 Å². The van der Waals surface area contributed by atoms with E-state index in [2.05, 4.69) is 5.32 Å². The fourth-order valence-electron chi connectivity index (χ4n) is 4.90. The van der Waals surface area contributed by atoms with E-state index in [0.717, 1.165) is 5.56 Å². The highest BCUT2D eigenvalue weighted by Crippen LogP contribution is 2.58. The maximum Gasteiger partial charge on any atom is 0.321 e. The number of benzene rings is 1. The molecule has 0 spiro atoms. The average molecular weight is 410 g/mol. The molecule has 5 atom stereocenters. The smallest absolute Gasteiger partial charge is 0.321 e. The number of carbonyl (C=O) groups is 2. The summed E-state index contributed by atoms with van der Waals surface area (Å²) in [5.74, 6) is -1.98. The Hall–Kier alpha value is -1.57. The summed E-state index contributed by atoms with van der Waals surface area (Å²) in [5, 5.41) is 24.2. The van der Waals surface area contributed by atoms with Crippen LogP contribution in [0.1, 0.15) is 45.2 Å². The molecular formula is C21H31NO5S. The van der Waals surface area contributed by atoms with Gasteiger partial charge in [-0.2, -0.15) is 0 Å². The summed E-state index contributed by atoms with van der Waals surface area (Å²) in [6.07, 6.45) is 0.793. The molecule has 1 fully saturated rings. The lowest BCUT2D eigenvalue weighted by molar-refractivity contribution is -0.166. The van der Waals surface area contributed by atoms with Crippen molar-refractivity contribution < 1.29 is 24.5 Å². The molecule has 1 aliphatic rings. The number of ether oxygens (including phenoxy) is 1. The molecular weight excluding hydrogens is 378 g/mol. The van der Waals surface area contributed by atoms with E-state index in [9.17, 15) is 19.8 Å². The maximum atomic E-state index is 12.7. The van der Waals surface area contributed by atoms with Crippen LogP contribution in [-0.2, 0) is 14.3 Å². The van der Waals surface area contributed by atoms with Crippen LogP contribution in [0.4, 0.5) is 0 Å². The minimum absolute atomic E-state index is 0.333. The highest BCUT2D eigenvalue weighted by molar-refractivity contribution is 8.01. The second-order valence-electron chi connectivity index (χ2n) is 7.33. The molecule has 1 heterocycles. The summed E-state index contributed by atoms with van der Waals surface area (Å²) in [6.45, 7) is 6.01. The molecule has 7 heteroatoms. The van der Waals surface area contributed by atoms with Crippen molar-refractivity contribution in [2.24, 2.45) is 11.3 Å². The van der Waals surface area contributed by atoms with Crippen molar-refractivity contribution >= 4 is 23.7 Å². The van der Waals surface area contributed by atoms with Crippen LogP contribution in [0.2, 0.25) is 0 Å². The van der Waals surface area contributed by atoms with Crippen LogP contribution in [0, 0.1) is 11.3 Å². The van der Waals surface area contributed by atoms with Crippen molar-refractivity contribution in [2.75, 3.05) is 19.5 Å². The number of hydrogen-bond donors (Lipinski definition) is 3. The number of rotatable bonds is 9. The summed E-state index contributed by atoms with van der Waals surface area (Å²) < 4.78 is 3.87. The van der Waals surface area contributed by atoms with Crippen LogP contribution in [0.15, 0.2) is 30.3 Å². The third kappa shape index (κ3) is 3.55. The summed E-state index contributed by atoms with van der Waals surface area (Å²) in [6, 6.07) is 8.61. The lowest BCUT2D eigenvalue weighted by Crippen LogP contribution is -2.70. The zero-order valence-corrected chi connectivity index (χ0v) is 17.8. The van der Waals surface area contributed by atoms with Gasteiger partial charge in [0.25, 0.3) is 0 Å². The fourth-order valence-corrected chi connectivity index (χ4v) is 6.51. The third-order valence-corrected chi connectivity index (χ3v) is 7.86. The highest BCUT2D eigenvalue weighted by Gasteiger charge is 2.66. The van der Waals surface area contributed by atoms with Crippen molar-refractivity contribution in [3.8, 4) is 0 Å². The lowest BCUT2D eigenvalue weighted by atomic mass is 9.56. The fraction of sp³-hybridized carbons (Fsp3) is 0.619. The van der Waals surface area contributed by atoms with Crippen molar-refractivity contribution in [2.45, 2.75) is 50.4 Å². The van der Waals surface area contributed by atoms with Crippen molar-refractivity contribution in [3.05, 3.63) is 35.9 Å². The second kappa shape index (κ2) is 9.29. The third-order valence-electron chi connectivity index (χ3n) is 6.20. The molecule has 1 aromatic rings. The Labute approximate surface area is 171 Å². The first kappa shape index (κ1) is 22.7. The number of carboxylic acid groups (broad SMARTS) is 2. The SMILES string of the molecule is CCC1C(CC)(C(=O)O)C(c2ccccc2)NC(C)C1(SCCOC)C(=O)O. The molecule has 156 valence electrons. The Morgan fingerprint density at radius 3 is 2.29 bits per heavy atom. The van der Waals surface area contributed by atoms with Gasteiger partial charge >= 0.3 is 11.9 Å². The predicted octanol–water partition coefficient (Wildman–Crippen LogP) is 3.43. The number of piperidine rings is 1. The van der Waals surface area contributed by atoms with E-state index < -0.39 is 40.1 Å². The minimum Gasteiger partial charge on any atom is -0.481 e. The lowest BCUT2D eigenvalue weighted by Gasteiger charge is -2.57. The molecule has 6 nitrogen and oxygen atoms in total. The standard InChI is InChI=1S/C21H31NO5S/c1-5-16-20(6-2,18(23)24)17(15-10-8-7-9-11-15)22-14(3)21(16,19(25)26)28-13-12-27-4/h7-11,14,16-17,22H,5-6,12-13H2,1-4H3,(H,23,24)(H,25,26). The molecule has 0 aliphatic carbocycles. The van der Waals surface area contributed by atoms with Crippen LogP contribution in [0.3, 0.4) is 0 Å². The molecule has 1 aliphatic heterocycles. The maximum absolute atomic E-state index is 12.7. The molecule has 0 amide bonds. The molecule has 3 N–H and O–H groups in total. The quantitative estimate of drug-likeness (QED) is 0.538. The van der Waals surface area contributed by atoms with E-state index >= 15 is 0 Å². The van der Waals surface area contributed by atoms with Gasteiger partial charge in [0.15, 0.2) is 0 Å². The molecule has 0 radical (unpaired) electrons. The van der Waals surface area contributed by atoms with Crippen molar-refractivity contribution in [1.29, 1.82) is 0 Å². The summed E-state index contributed by atoms with van der Waals surface area (Å²) >= 11 is 1.30. The number of aliphatic carboxylic acids is 2. The van der Waals surface area contributed by atoms with Crippen LogP contribution in [0.25, 0.3) is 0 Å². The first-order valence-electron chi connectivity index (χ1n) is 9.73. The van der Waals surface area contributed by atoms with E-state index in [4.69, 9.17) is 4.74 Å². The van der Waals surface area contributed by atoms with Gasteiger partial charge in [-0.1, -0.05) is 50.6 Å². The van der Waals surface area contributed by atoms with Crippen LogP contribution >= 0.6 is 11.8 Å². The summed E-state index contributed by atoms with van der Waals surface area (Å²) in [4.78, 5) is 25.4. The summed E-state index contributed by atoms with van der Waals surface area (Å²) in [5.41, 5.74) is -0.362. The van der Waals surface area contributed by atoms with E-state index in [1.165, 1.54) is 11.8 Å². The molecule has 0 bridgehead atoms. The van der Waals surface area contributed by atoms with Gasteiger partial charge in [0.05, 0.1) is 12.0 Å². The highest BCUT2D eigenvalue weighted by atomic mass is 32.2. The Kier molecular flexibility index (Phi) is 7.53. The van der Waals surface area contributed by atoms with Crippen LogP contribution < -0.4 is 5.32 Å². The number of thioether (sulfide) groups is 1. The molecule has 28 heavy (non-hydrogen) atoms. The zero-order chi connectivity index (χ0) is 20.9. The Balaban J connectivity index is 2.67. The van der Waals surface area contributed by atoms with E-state index in [1.807, 2.05) is 51.1 Å². The minimum atomic E-state index is -1.26. The van der Waals surface area contributed by atoms with Gasteiger partial charge in [-0.15, -0.1) is 11.8 Å². The van der Waals surface area contributed by atoms with E-state index in [0.29, 0.717) is 25.2 Å². The Morgan fingerprint density at radius 2 is 1.82 bits per heavy atom. The normalized spacial score (nSPS) is 32.8. The molecule has 2 rings (SSSR count). The molecule has 5 unspecified atom stereocenters. The Bertz CT molecular complexity index is 685. The van der Waals surface area contributed by atoms with Gasteiger partial charge in [0.1, 0.15) is 4.75 Å². The second-order valence-corrected chi connectivity index (χ2v) is 8.70. The molecule has 1 aromatic carbocycles. The first-order valence-corrected chi connectivity index (χ1v) is 10.7. The van der Waals surface area contributed by atoms with Gasteiger partial charge < -0.3 is 20.3 Å². The van der Waals surface area contributed by atoms with E-state index in [1.54, 1.807) is 7.11 Å². The van der Waals surface area contributed by atoms with Gasteiger partial charge in [0, 0.05) is 30.9 Å². The number of carboxylic acids is 2. The largest absolute Gasteiger partial charge is 0.481 e. The predicted molar refractivity (Wildman–Crippen MR) is 111 cm³/mol. The molecule has 1 saturated heterocycles. The summed E-state index contributed by atoms with van der Waals surface area (Å²) in [7, 11) is 1.58. The molecule has 0 saturated carbocycles. The van der Waals surface area contributed by atoms with Crippen molar-refractivity contribution in [1.82, 2.24) is 5.32 Å². The number of nitrogens with one attached hydrogen (secondary N) is 1. The average Bonchev–Trinajstić information content (AvgIpc) is 2.68. The van der Waals surface area contributed by atoms with E-state index in [-0.39, 0.29) is 0 Å². The van der Waals surface area contributed by atoms with Gasteiger partial charge in [-0.05, 0) is 18.9 Å². The first-order chi connectivity index (χ1) is 13.3. The van der Waals surface area contributed by atoms with Crippen molar-refractivity contribution in [3.63, 3.8) is 0 Å². The monoisotopic (exact) mass is 409 g/mol. The topological polar surface area (TPSA) is 95.9 Å².